The Morgan fingerprint density at radius 1 is 1.15 bits per heavy atom. The number of hydrogen-bond acceptors (Lipinski definition) is 3. The van der Waals surface area contributed by atoms with Crippen LogP contribution in [0, 0.1) is 5.92 Å². The Morgan fingerprint density at radius 2 is 1.90 bits per heavy atom. The van der Waals surface area contributed by atoms with Gasteiger partial charge in [0.05, 0.1) is 12.7 Å². The van der Waals surface area contributed by atoms with Gasteiger partial charge in [0.25, 0.3) is 0 Å². The van der Waals surface area contributed by atoms with Crippen molar-refractivity contribution in [3.63, 3.8) is 0 Å². The molecule has 0 N–H and O–H groups in total. The van der Waals surface area contributed by atoms with E-state index in [0.717, 1.165) is 17.7 Å². The van der Waals surface area contributed by atoms with Crippen LogP contribution in [0.15, 0.2) is 24.3 Å². The van der Waals surface area contributed by atoms with Crippen molar-refractivity contribution in [1.29, 1.82) is 0 Å². The SMILES string of the molecule is COc1cc(Cl)ccc1-c1nc(Cl)cc(CC(C)C)n1. The lowest BCUT2D eigenvalue weighted by molar-refractivity contribution is 0.416. The van der Waals surface area contributed by atoms with Crippen molar-refractivity contribution >= 4 is 23.2 Å². The van der Waals surface area contributed by atoms with Crippen LogP contribution in [0.2, 0.25) is 10.2 Å². The van der Waals surface area contributed by atoms with Crippen LogP contribution in [0.4, 0.5) is 0 Å². The van der Waals surface area contributed by atoms with Crippen LogP contribution in [0.3, 0.4) is 0 Å². The van der Waals surface area contributed by atoms with Gasteiger partial charge in [0, 0.05) is 10.7 Å². The Bertz CT molecular complexity index is 615. The Hall–Kier alpha value is -1.32. The average Bonchev–Trinajstić information content (AvgIpc) is 2.36. The van der Waals surface area contributed by atoms with Gasteiger partial charge in [-0.1, -0.05) is 37.0 Å². The fourth-order valence-electron chi connectivity index (χ4n) is 1.96. The van der Waals surface area contributed by atoms with Gasteiger partial charge in [-0.05, 0) is 36.6 Å². The van der Waals surface area contributed by atoms with E-state index in [9.17, 15) is 0 Å². The van der Waals surface area contributed by atoms with Gasteiger partial charge in [0.2, 0.25) is 0 Å². The van der Waals surface area contributed by atoms with Gasteiger partial charge < -0.3 is 4.74 Å². The molecule has 0 spiro atoms. The highest BCUT2D eigenvalue weighted by atomic mass is 35.5. The van der Waals surface area contributed by atoms with Crippen LogP contribution >= 0.6 is 23.2 Å². The minimum Gasteiger partial charge on any atom is -0.496 e. The number of nitrogens with zero attached hydrogens (tertiary/aromatic N) is 2. The van der Waals surface area contributed by atoms with Gasteiger partial charge in [-0.25, -0.2) is 9.97 Å². The zero-order chi connectivity index (χ0) is 14.7. The van der Waals surface area contributed by atoms with Gasteiger partial charge in [-0.15, -0.1) is 0 Å². The second-order valence-corrected chi connectivity index (χ2v) is 5.77. The third-order valence-electron chi connectivity index (χ3n) is 2.77. The third-order valence-corrected chi connectivity index (χ3v) is 3.20. The summed E-state index contributed by atoms with van der Waals surface area (Å²) in [4.78, 5) is 8.84. The summed E-state index contributed by atoms with van der Waals surface area (Å²) in [7, 11) is 1.59. The standard InChI is InChI=1S/C15H16Cl2N2O/c1-9(2)6-11-8-14(17)19-15(18-11)12-5-4-10(16)7-13(12)20-3/h4-5,7-9H,6H2,1-3H3. The first-order valence-corrected chi connectivity index (χ1v) is 7.12. The molecule has 0 amide bonds. The van der Waals surface area contributed by atoms with Crippen molar-refractivity contribution in [3.8, 4) is 17.1 Å². The van der Waals surface area contributed by atoms with Crippen LogP contribution < -0.4 is 4.74 Å². The summed E-state index contributed by atoms with van der Waals surface area (Å²) in [5, 5.41) is 1.04. The van der Waals surface area contributed by atoms with Crippen molar-refractivity contribution in [2.75, 3.05) is 7.11 Å². The highest BCUT2D eigenvalue weighted by Gasteiger charge is 2.12. The molecule has 0 aliphatic rings. The predicted molar refractivity (Wildman–Crippen MR) is 82.6 cm³/mol. The normalized spacial score (nSPS) is 10.9. The molecule has 1 aromatic carbocycles. The fourth-order valence-corrected chi connectivity index (χ4v) is 2.33. The predicted octanol–water partition coefficient (Wildman–Crippen LogP) is 4.66. The summed E-state index contributed by atoms with van der Waals surface area (Å²) < 4.78 is 5.33. The highest BCUT2D eigenvalue weighted by Crippen LogP contribution is 2.31. The zero-order valence-electron chi connectivity index (χ0n) is 11.7. The van der Waals surface area contributed by atoms with Gasteiger partial charge in [0.1, 0.15) is 10.9 Å². The van der Waals surface area contributed by atoms with Gasteiger partial charge in [-0.2, -0.15) is 0 Å². The van der Waals surface area contributed by atoms with Crippen molar-refractivity contribution in [1.82, 2.24) is 9.97 Å². The molecule has 0 radical (unpaired) electrons. The minimum absolute atomic E-state index is 0.433. The minimum atomic E-state index is 0.433. The molecule has 5 heteroatoms. The summed E-state index contributed by atoms with van der Waals surface area (Å²) in [6.07, 6.45) is 0.852. The molecule has 0 fully saturated rings. The lowest BCUT2D eigenvalue weighted by Gasteiger charge is -2.10. The number of aromatic nitrogens is 2. The lowest BCUT2D eigenvalue weighted by Crippen LogP contribution is -2.01. The molecule has 0 aliphatic carbocycles. The van der Waals surface area contributed by atoms with Crippen LogP contribution in [-0.2, 0) is 6.42 Å². The molecule has 0 saturated heterocycles. The third kappa shape index (κ3) is 3.62. The Kier molecular flexibility index (Phi) is 4.84. The molecule has 1 aromatic heterocycles. The summed E-state index contributed by atoms with van der Waals surface area (Å²) in [6, 6.07) is 7.16. The number of methoxy groups -OCH3 is 1. The fraction of sp³-hybridized carbons (Fsp3) is 0.333. The van der Waals surface area contributed by atoms with Crippen molar-refractivity contribution in [3.05, 3.63) is 40.1 Å². The molecule has 20 heavy (non-hydrogen) atoms. The largest absolute Gasteiger partial charge is 0.496 e. The first-order chi connectivity index (χ1) is 9.49. The summed E-state index contributed by atoms with van der Waals surface area (Å²) in [5.41, 5.74) is 1.71. The smallest absolute Gasteiger partial charge is 0.164 e. The number of halogens is 2. The maximum absolute atomic E-state index is 6.09. The van der Waals surface area contributed by atoms with E-state index in [1.54, 1.807) is 25.3 Å². The van der Waals surface area contributed by atoms with E-state index in [2.05, 4.69) is 23.8 Å². The van der Waals surface area contributed by atoms with Crippen LogP contribution in [0.1, 0.15) is 19.5 Å². The van der Waals surface area contributed by atoms with Crippen LogP contribution in [0.25, 0.3) is 11.4 Å². The van der Waals surface area contributed by atoms with Crippen molar-refractivity contribution in [2.24, 2.45) is 5.92 Å². The van der Waals surface area contributed by atoms with Gasteiger partial charge >= 0.3 is 0 Å². The number of hydrogen-bond donors (Lipinski definition) is 0. The summed E-state index contributed by atoms with van der Waals surface area (Å²) >= 11 is 12.1. The van der Waals surface area contributed by atoms with E-state index in [0.29, 0.717) is 27.7 Å². The Morgan fingerprint density at radius 3 is 2.55 bits per heavy atom. The van der Waals surface area contributed by atoms with E-state index in [1.165, 1.54) is 0 Å². The molecule has 0 aliphatic heterocycles. The van der Waals surface area contributed by atoms with Crippen LogP contribution in [-0.4, -0.2) is 17.1 Å². The van der Waals surface area contributed by atoms with E-state index in [1.807, 2.05) is 6.07 Å². The second kappa shape index (κ2) is 6.42. The molecule has 2 aromatic rings. The van der Waals surface area contributed by atoms with Crippen molar-refractivity contribution < 1.29 is 4.74 Å². The topological polar surface area (TPSA) is 35.0 Å². The maximum Gasteiger partial charge on any atom is 0.164 e. The Balaban J connectivity index is 2.49. The zero-order valence-corrected chi connectivity index (χ0v) is 13.2. The van der Waals surface area contributed by atoms with E-state index in [4.69, 9.17) is 27.9 Å². The summed E-state index contributed by atoms with van der Waals surface area (Å²) in [6.45, 7) is 4.27. The molecule has 0 atom stereocenters. The van der Waals surface area contributed by atoms with E-state index < -0.39 is 0 Å². The second-order valence-electron chi connectivity index (χ2n) is 4.95. The summed E-state index contributed by atoms with van der Waals surface area (Å²) in [5.74, 6) is 1.69. The van der Waals surface area contributed by atoms with Gasteiger partial charge in [0.15, 0.2) is 5.82 Å². The van der Waals surface area contributed by atoms with Gasteiger partial charge in [-0.3, -0.25) is 0 Å². The lowest BCUT2D eigenvalue weighted by atomic mass is 10.1. The number of benzene rings is 1. The molecule has 0 unspecified atom stereocenters. The Labute approximate surface area is 128 Å². The quantitative estimate of drug-likeness (QED) is 0.770. The first kappa shape index (κ1) is 15.1. The molecular weight excluding hydrogens is 295 g/mol. The first-order valence-electron chi connectivity index (χ1n) is 6.37. The molecule has 0 saturated carbocycles. The van der Waals surface area contributed by atoms with E-state index >= 15 is 0 Å². The molecule has 1 heterocycles. The number of ether oxygens (including phenoxy) is 1. The van der Waals surface area contributed by atoms with Crippen molar-refractivity contribution in [2.45, 2.75) is 20.3 Å². The molecule has 0 bridgehead atoms. The van der Waals surface area contributed by atoms with E-state index in [-0.39, 0.29) is 0 Å². The molecule has 2 rings (SSSR count). The average molecular weight is 311 g/mol. The number of rotatable bonds is 4. The highest BCUT2D eigenvalue weighted by molar-refractivity contribution is 6.31. The molecule has 106 valence electrons. The maximum atomic E-state index is 6.09. The molecular formula is C15H16Cl2N2O. The monoisotopic (exact) mass is 310 g/mol. The van der Waals surface area contributed by atoms with Crippen LogP contribution in [0.5, 0.6) is 5.75 Å². The molecule has 3 nitrogen and oxygen atoms in total.